The smallest absolute Gasteiger partial charge is 0.00139 e. The summed E-state index contributed by atoms with van der Waals surface area (Å²) >= 11 is 0. The molecule has 0 aliphatic carbocycles. The first-order chi connectivity index (χ1) is 37.7. The Bertz CT molecular complexity index is 3990. The normalized spacial score (nSPS) is 11.4. The highest BCUT2D eigenvalue weighted by Gasteiger charge is 2.24. The summed E-state index contributed by atoms with van der Waals surface area (Å²) in [6.45, 7) is 0. The maximum absolute atomic E-state index is 2.49. The summed E-state index contributed by atoms with van der Waals surface area (Å²) < 4.78 is 0. The fourth-order valence-corrected chi connectivity index (χ4v) is 11.8. The molecule has 14 rings (SSSR count). The molecular weight excluding hydrogens is 913 g/mol. The largest absolute Gasteiger partial charge is 0.0622 e. The zero-order chi connectivity index (χ0) is 50.4. The highest BCUT2D eigenvalue weighted by Crippen LogP contribution is 2.51. The van der Waals surface area contributed by atoms with Crippen LogP contribution in [-0.4, -0.2) is 0 Å². The van der Waals surface area contributed by atoms with E-state index >= 15 is 0 Å². The average Bonchev–Trinajstić information content (AvgIpc) is 3.51. The second-order valence-corrected chi connectivity index (χ2v) is 19.9. The van der Waals surface area contributed by atoms with Crippen molar-refractivity contribution < 1.29 is 0 Å². The first-order valence-electron chi connectivity index (χ1n) is 26.3. The maximum atomic E-state index is 2.49. The minimum atomic E-state index is 1.18. The molecule has 0 aromatic heterocycles. The Labute approximate surface area is 444 Å². The minimum absolute atomic E-state index is 1.18. The molecule has 0 aliphatic rings. The van der Waals surface area contributed by atoms with Crippen LogP contribution in [0.1, 0.15) is 0 Å². The van der Waals surface area contributed by atoms with Gasteiger partial charge in [-0.3, -0.25) is 0 Å². The van der Waals surface area contributed by atoms with Gasteiger partial charge in [0.15, 0.2) is 0 Å². The van der Waals surface area contributed by atoms with Crippen molar-refractivity contribution in [1.82, 2.24) is 0 Å². The second kappa shape index (κ2) is 19.2. The van der Waals surface area contributed by atoms with Crippen LogP contribution in [-0.2, 0) is 0 Å². The lowest BCUT2D eigenvalue weighted by Crippen LogP contribution is -1.96. The van der Waals surface area contributed by atoms with Gasteiger partial charge in [0.05, 0.1) is 0 Å². The molecule has 0 bridgehead atoms. The zero-order valence-corrected chi connectivity index (χ0v) is 41.9. The SMILES string of the molecule is c1ccc(-c2cc(-c3ccccc3)cc(-c3cc(-c4ccccc4-c4ccccc4)c4ccc5c(-c6cc(-c7ccccc7)cc(-c7ccccc7)c6)cc(-c6ccccc6-c6ccccc6)c6ccc3c4c56)c2)cc1. The van der Waals surface area contributed by atoms with Gasteiger partial charge >= 0.3 is 0 Å². The van der Waals surface area contributed by atoms with Crippen LogP contribution in [0.3, 0.4) is 0 Å². The minimum Gasteiger partial charge on any atom is -0.0622 e. The number of hydrogen-bond acceptors (Lipinski definition) is 0. The number of benzene rings is 14. The van der Waals surface area contributed by atoms with Gasteiger partial charge in [-0.05, 0) is 192 Å². The molecule has 0 saturated heterocycles. The van der Waals surface area contributed by atoms with Crippen LogP contribution in [0.25, 0.3) is 144 Å². The van der Waals surface area contributed by atoms with E-state index in [1.54, 1.807) is 0 Å². The Morgan fingerprint density at radius 2 is 0.342 bits per heavy atom. The van der Waals surface area contributed by atoms with E-state index in [0.29, 0.717) is 0 Å². The fraction of sp³-hybridized carbons (Fsp3) is 0. The molecular formula is C76H50. The molecule has 0 radical (unpaired) electrons. The van der Waals surface area contributed by atoms with Gasteiger partial charge in [-0.15, -0.1) is 0 Å². The quantitative estimate of drug-likeness (QED) is 0.120. The van der Waals surface area contributed by atoms with Crippen LogP contribution in [0.5, 0.6) is 0 Å². The molecule has 0 unspecified atom stereocenters. The second-order valence-electron chi connectivity index (χ2n) is 19.9. The fourth-order valence-electron chi connectivity index (χ4n) is 11.8. The van der Waals surface area contributed by atoms with E-state index in [4.69, 9.17) is 0 Å². The van der Waals surface area contributed by atoms with Crippen LogP contribution >= 0.6 is 0 Å². The third kappa shape index (κ3) is 8.05. The first-order valence-corrected chi connectivity index (χ1v) is 26.3. The molecule has 0 N–H and O–H groups in total. The molecule has 0 spiro atoms. The summed E-state index contributed by atoms with van der Waals surface area (Å²) in [5, 5.41) is 7.43. The molecule has 0 heteroatoms. The highest BCUT2D eigenvalue weighted by molar-refractivity contribution is 6.32. The maximum Gasteiger partial charge on any atom is -0.00139 e. The van der Waals surface area contributed by atoms with Crippen LogP contribution in [0.4, 0.5) is 0 Å². The third-order valence-corrected chi connectivity index (χ3v) is 15.4. The van der Waals surface area contributed by atoms with E-state index in [2.05, 4.69) is 303 Å². The van der Waals surface area contributed by atoms with Crippen LogP contribution in [0.15, 0.2) is 303 Å². The van der Waals surface area contributed by atoms with Gasteiger partial charge in [0.2, 0.25) is 0 Å². The highest BCUT2D eigenvalue weighted by atomic mass is 14.3. The molecule has 76 heavy (non-hydrogen) atoms. The predicted octanol–water partition coefficient (Wildman–Crippen LogP) is 21.3. The van der Waals surface area contributed by atoms with Crippen molar-refractivity contribution in [2.24, 2.45) is 0 Å². The van der Waals surface area contributed by atoms with Gasteiger partial charge < -0.3 is 0 Å². The molecule has 0 fully saturated rings. The van der Waals surface area contributed by atoms with Gasteiger partial charge in [-0.2, -0.15) is 0 Å². The third-order valence-electron chi connectivity index (χ3n) is 15.4. The molecule has 0 saturated carbocycles. The molecule has 0 nitrogen and oxygen atoms in total. The van der Waals surface area contributed by atoms with Gasteiger partial charge in [-0.25, -0.2) is 0 Å². The van der Waals surface area contributed by atoms with Crippen molar-refractivity contribution in [3.63, 3.8) is 0 Å². The van der Waals surface area contributed by atoms with Gasteiger partial charge in [0, 0.05) is 0 Å². The molecule has 0 aliphatic heterocycles. The Balaban J connectivity index is 1.14. The van der Waals surface area contributed by atoms with E-state index in [1.165, 1.54) is 144 Å². The zero-order valence-electron chi connectivity index (χ0n) is 41.9. The van der Waals surface area contributed by atoms with Crippen LogP contribution < -0.4 is 0 Å². The van der Waals surface area contributed by atoms with Crippen LogP contribution in [0, 0.1) is 0 Å². The van der Waals surface area contributed by atoms with E-state index in [-0.39, 0.29) is 0 Å². The lowest BCUT2D eigenvalue weighted by Gasteiger charge is -2.23. The number of hydrogen-bond donors (Lipinski definition) is 0. The van der Waals surface area contributed by atoms with Crippen molar-refractivity contribution in [1.29, 1.82) is 0 Å². The Kier molecular flexibility index (Phi) is 11.3. The van der Waals surface area contributed by atoms with Crippen molar-refractivity contribution in [2.75, 3.05) is 0 Å². The molecule has 0 heterocycles. The Hall–Kier alpha value is -9.88. The molecule has 0 atom stereocenters. The molecule has 0 amide bonds. The predicted molar refractivity (Wildman–Crippen MR) is 325 cm³/mol. The summed E-state index contributed by atoms with van der Waals surface area (Å²) in [7, 11) is 0. The summed E-state index contributed by atoms with van der Waals surface area (Å²) in [5.74, 6) is 0. The van der Waals surface area contributed by atoms with E-state index in [0.717, 1.165) is 0 Å². The van der Waals surface area contributed by atoms with Crippen molar-refractivity contribution in [3.05, 3.63) is 303 Å². The van der Waals surface area contributed by atoms with Crippen LogP contribution in [0.2, 0.25) is 0 Å². The first kappa shape index (κ1) is 44.8. The van der Waals surface area contributed by atoms with Crippen molar-refractivity contribution in [3.8, 4) is 111 Å². The standard InChI is InChI=1S/C76H50/c1-7-23-51(24-8-1)57-43-58(52-25-9-2-10-26-52)46-61(45-57)71-49-73(65-37-21-19-35-63(65)55-31-15-5-16-32-55)69-42-40-68-72(62-47-59(53-27-11-3-12-28-53)44-60(48-62)54-29-13-4-14-30-54)50-74(70-41-39-67(71)75(69)76(68)70)66-38-22-20-36-64(66)56-33-17-6-18-34-56/h1-50H. The lowest BCUT2D eigenvalue weighted by atomic mass is 9.80. The van der Waals surface area contributed by atoms with Crippen molar-refractivity contribution >= 4 is 32.3 Å². The van der Waals surface area contributed by atoms with E-state index < -0.39 is 0 Å². The van der Waals surface area contributed by atoms with Gasteiger partial charge in [0.1, 0.15) is 0 Å². The Morgan fingerprint density at radius 3 is 0.632 bits per heavy atom. The number of rotatable bonds is 10. The summed E-state index contributed by atoms with van der Waals surface area (Å²) in [5.41, 5.74) is 23.8. The monoisotopic (exact) mass is 962 g/mol. The summed E-state index contributed by atoms with van der Waals surface area (Å²) in [4.78, 5) is 0. The lowest BCUT2D eigenvalue weighted by molar-refractivity contribution is 1.57. The molecule has 14 aromatic carbocycles. The average molecular weight is 963 g/mol. The van der Waals surface area contributed by atoms with Gasteiger partial charge in [-0.1, -0.05) is 255 Å². The topological polar surface area (TPSA) is 0 Å². The van der Waals surface area contributed by atoms with Crippen molar-refractivity contribution in [2.45, 2.75) is 0 Å². The molecule has 14 aromatic rings. The van der Waals surface area contributed by atoms with E-state index in [1.807, 2.05) is 0 Å². The Morgan fingerprint density at radius 1 is 0.118 bits per heavy atom. The summed E-state index contributed by atoms with van der Waals surface area (Å²) in [6, 6.07) is 112. The summed E-state index contributed by atoms with van der Waals surface area (Å²) in [6.07, 6.45) is 0. The van der Waals surface area contributed by atoms with Gasteiger partial charge in [0.25, 0.3) is 0 Å². The van der Waals surface area contributed by atoms with E-state index in [9.17, 15) is 0 Å². The molecule has 354 valence electrons.